The highest BCUT2D eigenvalue weighted by Gasteiger charge is 2.26. The van der Waals surface area contributed by atoms with E-state index in [4.69, 9.17) is 14.4 Å². The lowest BCUT2D eigenvalue weighted by Crippen LogP contribution is -2.16. The zero-order valence-electron chi connectivity index (χ0n) is 39.6. The van der Waals surface area contributed by atoms with E-state index in [9.17, 15) is 10.2 Å². The summed E-state index contributed by atoms with van der Waals surface area (Å²) < 4.78 is 6.34. The third-order valence-corrected chi connectivity index (χ3v) is 12.6. The minimum absolute atomic E-state index is 0.0283. The van der Waals surface area contributed by atoms with Crippen LogP contribution >= 0.6 is 0 Å². The van der Waals surface area contributed by atoms with E-state index in [-0.39, 0.29) is 33.2 Å². The lowest BCUT2D eigenvalue weighted by molar-refractivity contribution is 0.476. The van der Waals surface area contributed by atoms with Crippen LogP contribution in [0, 0.1) is 13.8 Å². The van der Waals surface area contributed by atoms with E-state index >= 15 is 0 Å². The van der Waals surface area contributed by atoms with Gasteiger partial charge in [0, 0.05) is 21.9 Å². The van der Waals surface area contributed by atoms with Crippen molar-refractivity contribution < 1.29 is 14.6 Å². The molecule has 0 spiro atoms. The number of nitrogens with zero attached hydrogens (tertiary/aromatic N) is 2. The normalized spacial score (nSPS) is 12.7. The number of pyridine rings is 2. The zero-order valence-corrected chi connectivity index (χ0v) is 39.6. The van der Waals surface area contributed by atoms with Gasteiger partial charge >= 0.3 is 0 Å². The van der Waals surface area contributed by atoms with Gasteiger partial charge in [0.1, 0.15) is 22.7 Å². The molecule has 5 aromatic carbocycles. The first-order chi connectivity index (χ1) is 29.4. The van der Waals surface area contributed by atoms with E-state index in [0.29, 0.717) is 39.5 Å². The summed E-state index contributed by atoms with van der Waals surface area (Å²) in [5, 5.41) is 25.4. The molecule has 0 fully saturated rings. The molecule has 0 saturated carbocycles. The van der Waals surface area contributed by atoms with Crippen LogP contribution in [-0.4, -0.2) is 20.2 Å². The highest BCUT2D eigenvalue weighted by atomic mass is 16.3. The highest BCUT2D eigenvalue weighted by Crippen LogP contribution is 2.44. The molecule has 5 heteroatoms. The smallest absolute Gasteiger partial charge is 0.136 e. The molecule has 5 nitrogen and oxygen atoms in total. The van der Waals surface area contributed by atoms with Gasteiger partial charge in [-0.3, -0.25) is 0 Å². The molecule has 3 heterocycles. The Kier molecular flexibility index (Phi) is 10.5. The second-order valence-electron chi connectivity index (χ2n) is 21.7. The number of benzene rings is 5. The molecule has 0 radical (unpaired) electrons. The summed E-state index contributed by atoms with van der Waals surface area (Å²) in [7, 11) is 0. The summed E-state index contributed by atoms with van der Waals surface area (Å²) in [5.41, 5.74) is 16.0. The zero-order chi connectivity index (χ0) is 45.6. The molecule has 0 aliphatic carbocycles. The average Bonchev–Trinajstić information content (AvgIpc) is 3.56. The lowest BCUT2D eigenvalue weighted by atomic mass is 9.79. The van der Waals surface area contributed by atoms with Crippen molar-refractivity contribution in [2.45, 2.75) is 119 Å². The Balaban J connectivity index is 1.39. The molecule has 322 valence electrons. The molecule has 0 saturated heterocycles. The summed E-state index contributed by atoms with van der Waals surface area (Å²) in [4.78, 5) is 10.7. The number of furan rings is 1. The summed E-state index contributed by atoms with van der Waals surface area (Å²) in [5.74, 6) is 0.286. The largest absolute Gasteiger partial charge is 0.507 e. The molecule has 63 heavy (non-hydrogen) atoms. The first-order valence-electron chi connectivity index (χ1n) is 22.2. The average molecular weight is 835 g/mol. The van der Waals surface area contributed by atoms with Crippen LogP contribution in [0.5, 0.6) is 11.5 Å². The fraction of sp³-hybridized carbons (Fsp3) is 0.310. The molecule has 2 N–H and O–H groups in total. The Labute approximate surface area is 373 Å². The van der Waals surface area contributed by atoms with E-state index in [1.165, 1.54) is 22.3 Å². The maximum atomic E-state index is 11.8. The summed E-state index contributed by atoms with van der Waals surface area (Å²) in [6.07, 6.45) is 0. The Morgan fingerprint density at radius 1 is 0.413 bits per heavy atom. The third kappa shape index (κ3) is 8.38. The van der Waals surface area contributed by atoms with Crippen molar-refractivity contribution in [3.05, 3.63) is 143 Å². The first kappa shape index (κ1) is 43.4. The van der Waals surface area contributed by atoms with Gasteiger partial charge in [0.05, 0.1) is 22.8 Å². The molecule has 0 unspecified atom stereocenters. The molecule has 8 aromatic rings. The van der Waals surface area contributed by atoms with Gasteiger partial charge in [0.15, 0.2) is 0 Å². The number of aromatic nitrogens is 2. The minimum atomic E-state index is -0.263. The molecule has 0 amide bonds. The fourth-order valence-electron chi connectivity index (χ4n) is 8.56. The monoisotopic (exact) mass is 834 g/mol. The Morgan fingerprint density at radius 2 is 0.952 bits per heavy atom. The number of aryl methyl sites for hydroxylation is 1. The van der Waals surface area contributed by atoms with Gasteiger partial charge in [-0.25, -0.2) is 9.97 Å². The quantitative estimate of drug-likeness (QED) is 0.181. The Morgan fingerprint density at radius 3 is 1.59 bits per heavy atom. The number of hydrogen-bond donors (Lipinski definition) is 2. The Bertz CT molecular complexity index is 3050. The van der Waals surface area contributed by atoms with Gasteiger partial charge < -0.3 is 14.6 Å². The number of phenols is 2. The number of hydrogen-bond acceptors (Lipinski definition) is 5. The van der Waals surface area contributed by atoms with Crippen molar-refractivity contribution >= 4 is 21.9 Å². The van der Waals surface area contributed by atoms with Crippen molar-refractivity contribution in [2.24, 2.45) is 0 Å². The molecule has 3 aromatic heterocycles. The lowest BCUT2D eigenvalue weighted by Gasteiger charge is -2.26. The second kappa shape index (κ2) is 15.3. The van der Waals surface area contributed by atoms with Crippen LogP contribution in [0.1, 0.15) is 116 Å². The maximum Gasteiger partial charge on any atom is 0.136 e. The van der Waals surface area contributed by atoms with Gasteiger partial charge in [-0.05, 0) is 140 Å². The number of phenolic OH excluding ortho intramolecular Hbond substituents is 2. The minimum Gasteiger partial charge on any atom is -0.507 e. The fourth-order valence-corrected chi connectivity index (χ4v) is 8.56. The summed E-state index contributed by atoms with van der Waals surface area (Å²) in [6, 6.07) is 37.4. The van der Waals surface area contributed by atoms with Crippen LogP contribution < -0.4 is 0 Å². The summed E-state index contributed by atoms with van der Waals surface area (Å²) in [6.45, 7) is 31.0. The van der Waals surface area contributed by atoms with E-state index < -0.39 is 0 Å². The predicted molar refractivity (Wildman–Crippen MR) is 264 cm³/mol. The molecule has 0 atom stereocenters. The van der Waals surface area contributed by atoms with E-state index in [2.05, 4.69) is 158 Å². The number of fused-ring (bicyclic) bond motifs is 3. The van der Waals surface area contributed by atoms with Crippen LogP contribution in [0.2, 0.25) is 0 Å². The van der Waals surface area contributed by atoms with Gasteiger partial charge in [-0.2, -0.15) is 0 Å². The van der Waals surface area contributed by atoms with E-state index in [0.717, 1.165) is 49.7 Å². The highest BCUT2D eigenvalue weighted by molar-refractivity contribution is 6.07. The molecule has 0 aliphatic rings. The topological polar surface area (TPSA) is 79.4 Å². The van der Waals surface area contributed by atoms with Crippen molar-refractivity contribution in [3.8, 4) is 67.7 Å². The van der Waals surface area contributed by atoms with Crippen LogP contribution in [0.25, 0.3) is 78.1 Å². The summed E-state index contributed by atoms with van der Waals surface area (Å²) >= 11 is 0. The number of para-hydroxylation sites is 1. The maximum absolute atomic E-state index is 11.8. The third-order valence-electron chi connectivity index (χ3n) is 12.6. The van der Waals surface area contributed by atoms with Gasteiger partial charge in [0.25, 0.3) is 0 Å². The van der Waals surface area contributed by atoms with Gasteiger partial charge in [0.2, 0.25) is 0 Å². The molecule has 8 rings (SSSR count). The van der Waals surface area contributed by atoms with Crippen LogP contribution in [0.4, 0.5) is 0 Å². The molecular weight excluding hydrogens is 773 g/mol. The van der Waals surface area contributed by atoms with Crippen LogP contribution in [0.3, 0.4) is 0 Å². The van der Waals surface area contributed by atoms with Crippen LogP contribution in [0.15, 0.2) is 114 Å². The second-order valence-corrected chi connectivity index (χ2v) is 21.7. The van der Waals surface area contributed by atoms with Crippen molar-refractivity contribution in [3.63, 3.8) is 0 Å². The molecule has 0 aliphatic heterocycles. The van der Waals surface area contributed by atoms with Crippen molar-refractivity contribution in [1.82, 2.24) is 9.97 Å². The van der Waals surface area contributed by atoms with E-state index in [1.807, 2.05) is 36.4 Å². The molecular formula is C58H62N2O3. The molecule has 0 bridgehead atoms. The standard InChI is InChI=1S/C58H62N2O3/c1-33-23-37(55(3,4)5)19-20-41(33)42-21-22-50(61)54(34(42)2)49-30-40(58(12,13)14)29-48(60-49)47-27-36(35-24-38(56(6,7)8)28-39(25-35)57(9,10)11)26-46(59-47)45-32-53-44(31-51(45)62)43-17-15-16-18-52(43)63-53/h15-32,61-62H,1-14H3. The predicted octanol–water partition coefficient (Wildman–Crippen LogP) is 15.9. The Hall–Kier alpha value is -6.20. The van der Waals surface area contributed by atoms with Gasteiger partial charge in [-0.15, -0.1) is 0 Å². The first-order valence-corrected chi connectivity index (χ1v) is 22.2. The van der Waals surface area contributed by atoms with Crippen LogP contribution in [-0.2, 0) is 21.7 Å². The SMILES string of the molecule is Cc1cc(C(C)(C)C)ccc1-c1ccc(O)c(-c2cc(C(C)(C)C)cc(-c3cc(-c4cc(C(C)(C)C)cc(C(C)(C)C)c4)cc(-c4cc5oc6ccccc6c5cc4O)n3)n2)c1C. The number of aromatic hydroxyl groups is 2. The number of rotatable bonds is 5. The van der Waals surface area contributed by atoms with Crippen molar-refractivity contribution in [1.29, 1.82) is 0 Å². The van der Waals surface area contributed by atoms with E-state index in [1.54, 1.807) is 12.1 Å². The van der Waals surface area contributed by atoms with Crippen molar-refractivity contribution in [2.75, 3.05) is 0 Å². The van der Waals surface area contributed by atoms with Gasteiger partial charge in [-0.1, -0.05) is 144 Å².